The Labute approximate surface area is 94.4 Å². The van der Waals surface area contributed by atoms with E-state index in [0.29, 0.717) is 6.54 Å². The zero-order valence-electron chi connectivity index (χ0n) is 9.79. The summed E-state index contributed by atoms with van der Waals surface area (Å²) in [7, 11) is 0. The number of carbonyl (C=O) groups is 3. The fourth-order valence-electron chi connectivity index (χ4n) is 0.931. The van der Waals surface area contributed by atoms with Gasteiger partial charge in [-0.2, -0.15) is 0 Å². The largest absolute Gasteiger partial charge is 0.481 e. The van der Waals surface area contributed by atoms with Gasteiger partial charge in [-0.25, -0.2) is 4.79 Å². The third-order valence-electron chi connectivity index (χ3n) is 1.97. The first kappa shape index (κ1) is 14.4. The van der Waals surface area contributed by atoms with Crippen LogP contribution in [0.1, 0.15) is 33.6 Å². The van der Waals surface area contributed by atoms with Crippen molar-refractivity contribution in [2.24, 2.45) is 5.41 Å². The molecule has 0 aromatic rings. The minimum atomic E-state index is -1.17. The molecule has 0 fully saturated rings. The molecule has 92 valence electrons. The molecule has 0 spiro atoms. The molecule has 0 aliphatic heterocycles. The van der Waals surface area contributed by atoms with Crippen LogP contribution in [0, 0.1) is 5.41 Å². The number of amides is 3. The molecule has 0 saturated carbocycles. The first-order chi connectivity index (χ1) is 7.29. The first-order valence-corrected chi connectivity index (χ1v) is 5.10. The van der Waals surface area contributed by atoms with Gasteiger partial charge in [0.05, 0.1) is 5.41 Å². The summed E-state index contributed by atoms with van der Waals surface area (Å²) in [5.41, 5.74) is -1.17. The maximum Gasteiger partial charge on any atom is 0.321 e. The van der Waals surface area contributed by atoms with Crippen LogP contribution in [0.5, 0.6) is 0 Å². The fraction of sp³-hybridized carbons (Fsp3) is 0.700. The Bertz CT molecular complexity index is 287. The third kappa shape index (κ3) is 5.33. The highest BCUT2D eigenvalue weighted by Gasteiger charge is 2.30. The Morgan fingerprint density at radius 2 is 1.81 bits per heavy atom. The summed E-state index contributed by atoms with van der Waals surface area (Å²) in [6, 6.07) is -0.590. The van der Waals surface area contributed by atoms with Crippen LogP contribution in [0.4, 0.5) is 4.79 Å². The number of aliphatic carboxylic acids is 1. The van der Waals surface area contributed by atoms with Crippen molar-refractivity contribution in [2.75, 3.05) is 6.54 Å². The quantitative estimate of drug-likeness (QED) is 0.648. The van der Waals surface area contributed by atoms with Gasteiger partial charge in [-0.05, 0) is 20.3 Å². The SMILES string of the molecule is CCCNC(=O)NC(=O)CC(C)(C)C(=O)O. The summed E-state index contributed by atoms with van der Waals surface area (Å²) in [6.45, 7) is 5.22. The zero-order chi connectivity index (χ0) is 12.8. The van der Waals surface area contributed by atoms with Crippen molar-refractivity contribution in [3.63, 3.8) is 0 Å². The number of hydrogen-bond donors (Lipinski definition) is 3. The van der Waals surface area contributed by atoms with Crippen LogP contribution < -0.4 is 10.6 Å². The summed E-state index contributed by atoms with van der Waals surface area (Å²) in [5.74, 6) is -1.67. The molecule has 0 aliphatic rings. The lowest BCUT2D eigenvalue weighted by atomic mass is 9.89. The Morgan fingerprint density at radius 3 is 2.25 bits per heavy atom. The highest BCUT2D eigenvalue weighted by Crippen LogP contribution is 2.19. The summed E-state index contributed by atoms with van der Waals surface area (Å²) in [4.78, 5) is 33.1. The van der Waals surface area contributed by atoms with Crippen molar-refractivity contribution in [3.8, 4) is 0 Å². The molecule has 3 amide bonds. The minimum Gasteiger partial charge on any atom is -0.481 e. The lowest BCUT2D eigenvalue weighted by molar-refractivity contribution is -0.149. The van der Waals surface area contributed by atoms with Gasteiger partial charge in [0.25, 0.3) is 0 Å². The maximum atomic E-state index is 11.3. The maximum absolute atomic E-state index is 11.3. The van der Waals surface area contributed by atoms with Crippen molar-refractivity contribution in [1.29, 1.82) is 0 Å². The number of imide groups is 1. The van der Waals surface area contributed by atoms with E-state index in [2.05, 4.69) is 10.6 Å². The molecule has 0 aliphatic carbocycles. The van der Waals surface area contributed by atoms with Crippen LogP contribution in [-0.2, 0) is 9.59 Å². The van der Waals surface area contributed by atoms with Gasteiger partial charge in [-0.1, -0.05) is 6.92 Å². The Morgan fingerprint density at radius 1 is 1.25 bits per heavy atom. The molecule has 6 heteroatoms. The van der Waals surface area contributed by atoms with E-state index in [0.717, 1.165) is 6.42 Å². The molecule has 0 heterocycles. The highest BCUT2D eigenvalue weighted by atomic mass is 16.4. The van der Waals surface area contributed by atoms with Crippen LogP contribution in [0.3, 0.4) is 0 Å². The van der Waals surface area contributed by atoms with E-state index < -0.39 is 23.3 Å². The van der Waals surface area contributed by atoms with Crippen LogP contribution in [0.25, 0.3) is 0 Å². The topological polar surface area (TPSA) is 95.5 Å². The van der Waals surface area contributed by atoms with Crippen LogP contribution in [0.15, 0.2) is 0 Å². The van der Waals surface area contributed by atoms with Gasteiger partial charge in [0.2, 0.25) is 5.91 Å². The Balaban J connectivity index is 4.09. The molecule has 6 nitrogen and oxygen atoms in total. The monoisotopic (exact) mass is 230 g/mol. The Kier molecular flexibility index (Phi) is 5.49. The van der Waals surface area contributed by atoms with E-state index in [1.807, 2.05) is 6.92 Å². The van der Waals surface area contributed by atoms with Crippen LogP contribution >= 0.6 is 0 Å². The molecule has 0 radical (unpaired) electrons. The minimum absolute atomic E-state index is 0.234. The van der Waals surface area contributed by atoms with Gasteiger partial charge >= 0.3 is 12.0 Å². The van der Waals surface area contributed by atoms with Crippen molar-refractivity contribution in [1.82, 2.24) is 10.6 Å². The molecule has 0 aromatic carbocycles. The van der Waals surface area contributed by atoms with Crippen molar-refractivity contribution in [2.45, 2.75) is 33.6 Å². The number of rotatable bonds is 5. The smallest absolute Gasteiger partial charge is 0.321 e. The standard InChI is InChI=1S/C10H18N2O4/c1-4-5-11-9(16)12-7(13)6-10(2,3)8(14)15/h4-6H2,1-3H3,(H,14,15)(H2,11,12,13,16). The van der Waals surface area contributed by atoms with Gasteiger partial charge in [0.15, 0.2) is 0 Å². The predicted molar refractivity (Wildman–Crippen MR) is 57.9 cm³/mol. The number of hydrogen-bond acceptors (Lipinski definition) is 3. The van der Waals surface area contributed by atoms with Gasteiger partial charge in [0.1, 0.15) is 0 Å². The predicted octanol–water partition coefficient (Wildman–Crippen LogP) is 0.723. The van der Waals surface area contributed by atoms with E-state index in [-0.39, 0.29) is 6.42 Å². The van der Waals surface area contributed by atoms with E-state index in [4.69, 9.17) is 5.11 Å². The average molecular weight is 230 g/mol. The van der Waals surface area contributed by atoms with Crippen LogP contribution in [-0.4, -0.2) is 29.6 Å². The molecule has 0 rings (SSSR count). The number of urea groups is 1. The second-order valence-corrected chi connectivity index (χ2v) is 4.17. The lowest BCUT2D eigenvalue weighted by Gasteiger charge is -2.17. The second-order valence-electron chi connectivity index (χ2n) is 4.17. The van der Waals surface area contributed by atoms with Gasteiger partial charge < -0.3 is 10.4 Å². The molecule has 0 atom stereocenters. The van der Waals surface area contributed by atoms with E-state index >= 15 is 0 Å². The van der Waals surface area contributed by atoms with E-state index in [1.54, 1.807) is 0 Å². The molecule has 0 unspecified atom stereocenters. The number of carbonyl (C=O) groups excluding carboxylic acids is 2. The fourth-order valence-corrected chi connectivity index (χ4v) is 0.931. The molecular formula is C10H18N2O4. The normalized spacial score (nSPS) is 10.7. The van der Waals surface area contributed by atoms with Gasteiger partial charge in [-0.15, -0.1) is 0 Å². The summed E-state index contributed by atoms with van der Waals surface area (Å²) < 4.78 is 0. The van der Waals surface area contributed by atoms with Gasteiger partial charge in [0, 0.05) is 13.0 Å². The third-order valence-corrected chi connectivity index (χ3v) is 1.97. The average Bonchev–Trinajstić information content (AvgIpc) is 2.13. The number of nitrogens with one attached hydrogen (secondary N) is 2. The summed E-state index contributed by atoms with van der Waals surface area (Å²) in [6.07, 6.45) is 0.532. The van der Waals surface area contributed by atoms with Crippen molar-refractivity contribution >= 4 is 17.9 Å². The lowest BCUT2D eigenvalue weighted by Crippen LogP contribution is -2.42. The Hall–Kier alpha value is -1.59. The highest BCUT2D eigenvalue weighted by molar-refractivity contribution is 5.96. The first-order valence-electron chi connectivity index (χ1n) is 5.10. The number of carboxylic acids is 1. The molecule has 0 aromatic heterocycles. The zero-order valence-corrected chi connectivity index (χ0v) is 9.79. The van der Waals surface area contributed by atoms with Gasteiger partial charge in [-0.3, -0.25) is 14.9 Å². The molecule has 16 heavy (non-hydrogen) atoms. The molecular weight excluding hydrogens is 212 g/mol. The summed E-state index contributed by atoms with van der Waals surface area (Å²) in [5, 5.41) is 13.3. The second kappa shape index (κ2) is 6.09. The van der Waals surface area contributed by atoms with E-state index in [1.165, 1.54) is 13.8 Å². The van der Waals surface area contributed by atoms with E-state index in [9.17, 15) is 14.4 Å². The van der Waals surface area contributed by atoms with Crippen molar-refractivity contribution < 1.29 is 19.5 Å². The summed E-state index contributed by atoms with van der Waals surface area (Å²) >= 11 is 0. The van der Waals surface area contributed by atoms with Crippen LogP contribution in [0.2, 0.25) is 0 Å². The molecule has 0 saturated heterocycles. The van der Waals surface area contributed by atoms with Crippen molar-refractivity contribution in [3.05, 3.63) is 0 Å². The molecule has 0 bridgehead atoms. The number of carboxylic acid groups (broad SMARTS) is 1. The molecule has 3 N–H and O–H groups in total.